The Morgan fingerprint density at radius 2 is 2.04 bits per heavy atom. The molecule has 24 heavy (non-hydrogen) atoms. The predicted molar refractivity (Wildman–Crippen MR) is 99.1 cm³/mol. The number of para-hydroxylation sites is 1. The maximum atomic E-state index is 12.2. The molecule has 2 aromatic rings. The SMILES string of the molecule is CN(CCCNC(=O)Cc1c[nH]c2ccccc12)C1CCCCC1. The predicted octanol–water partition coefficient (Wildman–Crippen LogP) is 3.48. The van der Waals surface area contributed by atoms with Crippen molar-refractivity contribution < 1.29 is 4.79 Å². The van der Waals surface area contributed by atoms with Crippen LogP contribution in [0.4, 0.5) is 0 Å². The molecule has 0 unspecified atom stereocenters. The minimum absolute atomic E-state index is 0.111. The van der Waals surface area contributed by atoms with Crippen LogP contribution in [0.2, 0.25) is 0 Å². The lowest BCUT2D eigenvalue weighted by Gasteiger charge is -2.31. The summed E-state index contributed by atoms with van der Waals surface area (Å²) >= 11 is 0. The molecule has 1 fully saturated rings. The molecular formula is C20H29N3O. The lowest BCUT2D eigenvalue weighted by Crippen LogP contribution is -2.36. The molecule has 1 amide bonds. The van der Waals surface area contributed by atoms with Gasteiger partial charge < -0.3 is 15.2 Å². The van der Waals surface area contributed by atoms with E-state index in [9.17, 15) is 4.79 Å². The van der Waals surface area contributed by atoms with E-state index in [-0.39, 0.29) is 5.91 Å². The van der Waals surface area contributed by atoms with E-state index >= 15 is 0 Å². The minimum Gasteiger partial charge on any atom is -0.361 e. The summed E-state index contributed by atoms with van der Waals surface area (Å²) in [5, 5.41) is 4.21. The normalized spacial score (nSPS) is 15.9. The molecule has 1 heterocycles. The Labute approximate surface area is 144 Å². The fraction of sp³-hybridized carbons (Fsp3) is 0.550. The zero-order chi connectivity index (χ0) is 16.8. The Kier molecular flexibility index (Phi) is 5.91. The molecule has 4 heteroatoms. The third kappa shape index (κ3) is 4.38. The number of benzene rings is 1. The Bertz CT molecular complexity index is 658. The van der Waals surface area contributed by atoms with E-state index in [4.69, 9.17) is 0 Å². The maximum Gasteiger partial charge on any atom is 0.224 e. The van der Waals surface area contributed by atoms with Crippen LogP contribution in [0, 0.1) is 0 Å². The monoisotopic (exact) mass is 327 g/mol. The fourth-order valence-corrected chi connectivity index (χ4v) is 3.77. The molecule has 1 aromatic carbocycles. The van der Waals surface area contributed by atoms with Crippen LogP contribution in [0.1, 0.15) is 44.1 Å². The van der Waals surface area contributed by atoms with Crippen molar-refractivity contribution in [3.63, 3.8) is 0 Å². The number of carbonyl (C=O) groups excluding carboxylic acids is 1. The van der Waals surface area contributed by atoms with Crippen LogP contribution >= 0.6 is 0 Å². The highest BCUT2D eigenvalue weighted by Gasteiger charge is 2.17. The van der Waals surface area contributed by atoms with Crippen molar-refractivity contribution in [2.24, 2.45) is 0 Å². The van der Waals surface area contributed by atoms with Gasteiger partial charge in [-0.15, -0.1) is 0 Å². The van der Waals surface area contributed by atoms with Gasteiger partial charge in [-0.3, -0.25) is 4.79 Å². The molecule has 2 N–H and O–H groups in total. The number of nitrogens with zero attached hydrogens (tertiary/aromatic N) is 1. The smallest absolute Gasteiger partial charge is 0.224 e. The quantitative estimate of drug-likeness (QED) is 0.765. The second-order valence-electron chi connectivity index (χ2n) is 7.01. The average molecular weight is 327 g/mol. The summed E-state index contributed by atoms with van der Waals surface area (Å²) in [6.45, 7) is 1.83. The van der Waals surface area contributed by atoms with Gasteiger partial charge in [0, 0.05) is 29.7 Å². The van der Waals surface area contributed by atoms with Gasteiger partial charge in [0.05, 0.1) is 6.42 Å². The largest absolute Gasteiger partial charge is 0.361 e. The first kappa shape index (κ1) is 17.0. The van der Waals surface area contributed by atoms with Crippen LogP contribution in [0.15, 0.2) is 30.5 Å². The number of nitrogens with one attached hydrogen (secondary N) is 2. The molecule has 130 valence electrons. The topological polar surface area (TPSA) is 48.1 Å². The first-order chi connectivity index (χ1) is 11.7. The zero-order valence-electron chi connectivity index (χ0n) is 14.7. The Hall–Kier alpha value is -1.81. The van der Waals surface area contributed by atoms with Gasteiger partial charge in [-0.1, -0.05) is 37.5 Å². The molecule has 0 aliphatic heterocycles. The van der Waals surface area contributed by atoms with E-state index < -0.39 is 0 Å². The Balaban J connectivity index is 1.38. The summed E-state index contributed by atoms with van der Waals surface area (Å²) < 4.78 is 0. The number of aromatic amines is 1. The molecule has 1 aliphatic rings. The first-order valence-electron chi connectivity index (χ1n) is 9.26. The molecule has 1 saturated carbocycles. The maximum absolute atomic E-state index is 12.2. The lowest BCUT2D eigenvalue weighted by atomic mass is 9.94. The molecule has 0 saturated heterocycles. The van der Waals surface area contributed by atoms with Gasteiger partial charge in [-0.2, -0.15) is 0 Å². The third-order valence-electron chi connectivity index (χ3n) is 5.23. The summed E-state index contributed by atoms with van der Waals surface area (Å²) in [7, 11) is 2.23. The van der Waals surface area contributed by atoms with Gasteiger partial charge in [-0.05, 0) is 44.5 Å². The van der Waals surface area contributed by atoms with Crippen molar-refractivity contribution in [2.75, 3.05) is 20.1 Å². The van der Waals surface area contributed by atoms with Crippen molar-refractivity contribution in [2.45, 2.75) is 51.0 Å². The summed E-state index contributed by atoms with van der Waals surface area (Å²) in [6, 6.07) is 8.87. The van der Waals surface area contributed by atoms with Crippen LogP contribution in [0.5, 0.6) is 0 Å². The van der Waals surface area contributed by atoms with E-state index in [1.165, 1.54) is 32.1 Å². The van der Waals surface area contributed by atoms with E-state index in [1.807, 2.05) is 24.4 Å². The van der Waals surface area contributed by atoms with Gasteiger partial charge in [0.15, 0.2) is 0 Å². The van der Waals surface area contributed by atoms with Crippen molar-refractivity contribution >= 4 is 16.8 Å². The number of hydrogen-bond acceptors (Lipinski definition) is 2. The number of amides is 1. The molecule has 0 atom stereocenters. The number of H-pyrrole nitrogens is 1. The number of aromatic nitrogens is 1. The van der Waals surface area contributed by atoms with Crippen molar-refractivity contribution in [3.8, 4) is 0 Å². The highest BCUT2D eigenvalue weighted by atomic mass is 16.1. The molecule has 1 aromatic heterocycles. The number of rotatable bonds is 7. The second kappa shape index (κ2) is 8.34. The average Bonchev–Trinajstić information content (AvgIpc) is 3.02. The summed E-state index contributed by atoms with van der Waals surface area (Å²) in [6.07, 6.45) is 10.2. The van der Waals surface area contributed by atoms with Crippen molar-refractivity contribution in [3.05, 3.63) is 36.0 Å². The van der Waals surface area contributed by atoms with Crippen LogP contribution in [-0.4, -0.2) is 42.0 Å². The van der Waals surface area contributed by atoms with E-state index in [1.54, 1.807) is 0 Å². The van der Waals surface area contributed by atoms with Gasteiger partial charge in [0.2, 0.25) is 5.91 Å². The summed E-state index contributed by atoms with van der Waals surface area (Å²) in [5.74, 6) is 0.111. The molecule has 0 spiro atoms. The van der Waals surface area contributed by atoms with E-state index in [2.05, 4.69) is 28.3 Å². The Morgan fingerprint density at radius 3 is 2.88 bits per heavy atom. The number of carbonyl (C=O) groups is 1. The van der Waals surface area contributed by atoms with Gasteiger partial charge >= 0.3 is 0 Å². The molecular weight excluding hydrogens is 298 g/mol. The van der Waals surface area contributed by atoms with E-state index in [0.717, 1.165) is 42.0 Å². The Morgan fingerprint density at radius 1 is 1.25 bits per heavy atom. The molecule has 4 nitrogen and oxygen atoms in total. The fourth-order valence-electron chi connectivity index (χ4n) is 3.77. The van der Waals surface area contributed by atoms with Crippen LogP contribution in [0.25, 0.3) is 10.9 Å². The number of fused-ring (bicyclic) bond motifs is 1. The van der Waals surface area contributed by atoms with Gasteiger partial charge in [0.1, 0.15) is 0 Å². The first-order valence-corrected chi connectivity index (χ1v) is 9.26. The van der Waals surface area contributed by atoms with Gasteiger partial charge in [-0.25, -0.2) is 0 Å². The zero-order valence-corrected chi connectivity index (χ0v) is 14.7. The van der Waals surface area contributed by atoms with Crippen molar-refractivity contribution in [1.82, 2.24) is 15.2 Å². The molecule has 1 aliphatic carbocycles. The number of hydrogen-bond donors (Lipinski definition) is 2. The van der Waals surface area contributed by atoms with Crippen molar-refractivity contribution in [1.29, 1.82) is 0 Å². The van der Waals surface area contributed by atoms with Crippen LogP contribution in [0.3, 0.4) is 0 Å². The minimum atomic E-state index is 0.111. The van der Waals surface area contributed by atoms with E-state index in [0.29, 0.717) is 6.42 Å². The second-order valence-corrected chi connectivity index (χ2v) is 7.01. The standard InChI is InChI=1S/C20H29N3O/c1-23(17-8-3-2-4-9-17)13-7-12-21-20(24)14-16-15-22-19-11-6-5-10-18(16)19/h5-6,10-11,15,17,22H,2-4,7-9,12-14H2,1H3,(H,21,24). The van der Waals surface area contributed by atoms with Crippen LogP contribution in [-0.2, 0) is 11.2 Å². The highest BCUT2D eigenvalue weighted by Crippen LogP contribution is 2.21. The summed E-state index contributed by atoms with van der Waals surface area (Å²) in [4.78, 5) is 17.9. The molecule has 3 rings (SSSR count). The highest BCUT2D eigenvalue weighted by molar-refractivity contribution is 5.88. The molecule has 0 bridgehead atoms. The van der Waals surface area contributed by atoms with Crippen LogP contribution < -0.4 is 5.32 Å². The lowest BCUT2D eigenvalue weighted by molar-refractivity contribution is -0.120. The summed E-state index contributed by atoms with van der Waals surface area (Å²) in [5.41, 5.74) is 2.16. The van der Waals surface area contributed by atoms with Gasteiger partial charge in [0.25, 0.3) is 0 Å². The third-order valence-corrected chi connectivity index (χ3v) is 5.23. The molecule has 0 radical (unpaired) electrons.